The fourth-order valence-electron chi connectivity index (χ4n) is 1.93. The van der Waals surface area contributed by atoms with E-state index in [1.54, 1.807) is 0 Å². The molecule has 1 aromatic rings. The summed E-state index contributed by atoms with van der Waals surface area (Å²) >= 11 is 0. The average molecular weight is 235 g/mol. The molecular formula is C14H25N3. The Morgan fingerprint density at radius 2 is 1.82 bits per heavy atom. The molecule has 0 spiro atoms. The Morgan fingerprint density at radius 3 is 2.47 bits per heavy atom. The first-order valence-electron chi connectivity index (χ1n) is 6.68. The van der Waals surface area contributed by atoms with Crippen molar-refractivity contribution in [2.24, 2.45) is 5.73 Å². The Kier molecular flexibility index (Phi) is 7.60. The van der Waals surface area contributed by atoms with E-state index in [1.165, 1.54) is 31.4 Å². The largest absolute Gasteiger partial charge is 0.330 e. The molecule has 0 fully saturated rings. The van der Waals surface area contributed by atoms with Gasteiger partial charge >= 0.3 is 0 Å². The average Bonchev–Trinajstić information content (AvgIpc) is 2.38. The number of aromatic nitrogens is 1. The van der Waals surface area contributed by atoms with Crippen LogP contribution in [-0.2, 0) is 6.54 Å². The summed E-state index contributed by atoms with van der Waals surface area (Å²) in [5.74, 6) is 0. The Labute approximate surface area is 105 Å². The fourth-order valence-corrected chi connectivity index (χ4v) is 1.93. The van der Waals surface area contributed by atoms with Gasteiger partial charge in [0.25, 0.3) is 0 Å². The molecule has 17 heavy (non-hydrogen) atoms. The molecule has 0 bridgehead atoms. The predicted octanol–water partition coefficient (Wildman–Crippen LogP) is 2.42. The second kappa shape index (κ2) is 9.14. The zero-order valence-electron chi connectivity index (χ0n) is 10.9. The topological polar surface area (TPSA) is 42.1 Å². The van der Waals surface area contributed by atoms with Crippen molar-refractivity contribution in [3.63, 3.8) is 0 Å². The van der Waals surface area contributed by atoms with Crippen molar-refractivity contribution in [2.45, 2.75) is 39.2 Å². The van der Waals surface area contributed by atoms with Crippen LogP contribution < -0.4 is 5.73 Å². The molecule has 0 unspecified atom stereocenters. The Bertz CT molecular complexity index is 274. The first-order chi connectivity index (χ1) is 8.36. The van der Waals surface area contributed by atoms with Crippen molar-refractivity contribution < 1.29 is 0 Å². The van der Waals surface area contributed by atoms with Gasteiger partial charge in [0, 0.05) is 18.9 Å². The quantitative estimate of drug-likeness (QED) is 0.668. The lowest BCUT2D eigenvalue weighted by Crippen LogP contribution is -2.24. The first kappa shape index (κ1) is 14.1. The van der Waals surface area contributed by atoms with Gasteiger partial charge in [-0.25, -0.2) is 0 Å². The van der Waals surface area contributed by atoms with Crippen LogP contribution in [0.1, 0.15) is 38.2 Å². The molecule has 1 heterocycles. The number of nitrogens with two attached hydrogens (primary N) is 1. The highest BCUT2D eigenvalue weighted by atomic mass is 15.1. The number of nitrogens with zero attached hydrogens (tertiary/aromatic N) is 2. The summed E-state index contributed by atoms with van der Waals surface area (Å²) in [5.41, 5.74) is 6.83. The molecular weight excluding hydrogens is 210 g/mol. The van der Waals surface area contributed by atoms with Crippen LogP contribution in [-0.4, -0.2) is 29.5 Å². The number of hydrogen-bond acceptors (Lipinski definition) is 3. The van der Waals surface area contributed by atoms with Crippen LogP contribution in [0.2, 0.25) is 0 Å². The van der Waals surface area contributed by atoms with Gasteiger partial charge in [-0.3, -0.25) is 9.88 Å². The van der Waals surface area contributed by atoms with Gasteiger partial charge in [0.15, 0.2) is 0 Å². The van der Waals surface area contributed by atoms with Gasteiger partial charge in [0.1, 0.15) is 0 Å². The maximum atomic E-state index is 5.48. The van der Waals surface area contributed by atoms with Gasteiger partial charge in [-0.15, -0.1) is 0 Å². The third-order valence-electron chi connectivity index (χ3n) is 3.03. The summed E-state index contributed by atoms with van der Waals surface area (Å²) in [6.45, 7) is 6.38. The zero-order valence-corrected chi connectivity index (χ0v) is 10.9. The van der Waals surface area contributed by atoms with E-state index in [2.05, 4.69) is 28.9 Å². The van der Waals surface area contributed by atoms with Crippen LogP contribution in [0.25, 0.3) is 0 Å². The van der Waals surface area contributed by atoms with Gasteiger partial charge in [0.05, 0.1) is 0 Å². The van der Waals surface area contributed by atoms with E-state index in [-0.39, 0.29) is 0 Å². The molecule has 0 aliphatic heterocycles. The molecule has 2 N–H and O–H groups in total. The standard InChI is InChI=1S/C14H25N3/c1-2-17(12-6-4-3-5-9-15)13-14-7-10-16-11-8-14/h7-8,10-11H,2-6,9,12-13,15H2,1H3. The van der Waals surface area contributed by atoms with Gasteiger partial charge in [-0.05, 0) is 50.2 Å². The summed E-state index contributed by atoms with van der Waals surface area (Å²) in [5, 5.41) is 0. The van der Waals surface area contributed by atoms with E-state index in [9.17, 15) is 0 Å². The Hall–Kier alpha value is -0.930. The van der Waals surface area contributed by atoms with Crippen molar-refractivity contribution in [1.82, 2.24) is 9.88 Å². The number of rotatable bonds is 9. The van der Waals surface area contributed by atoms with Crippen molar-refractivity contribution in [2.75, 3.05) is 19.6 Å². The predicted molar refractivity (Wildman–Crippen MR) is 72.7 cm³/mol. The number of pyridine rings is 1. The third-order valence-corrected chi connectivity index (χ3v) is 3.03. The summed E-state index contributed by atoms with van der Waals surface area (Å²) in [4.78, 5) is 6.53. The van der Waals surface area contributed by atoms with Crippen molar-refractivity contribution in [1.29, 1.82) is 0 Å². The third kappa shape index (κ3) is 6.39. The molecule has 0 aromatic carbocycles. The van der Waals surface area contributed by atoms with Crippen LogP contribution >= 0.6 is 0 Å². The smallest absolute Gasteiger partial charge is 0.0271 e. The van der Waals surface area contributed by atoms with E-state index in [0.717, 1.165) is 26.1 Å². The summed E-state index contributed by atoms with van der Waals surface area (Å²) in [6, 6.07) is 4.19. The minimum Gasteiger partial charge on any atom is -0.330 e. The van der Waals surface area contributed by atoms with Crippen LogP contribution in [0.3, 0.4) is 0 Å². The van der Waals surface area contributed by atoms with Crippen molar-refractivity contribution in [3.8, 4) is 0 Å². The summed E-state index contributed by atoms with van der Waals surface area (Å²) in [6.07, 6.45) is 8.73. The van der Waals surface area contributed by atoms with Gasteiger partial charge in [-0.1, -0.05) is 19.8 Å². The molecule has 0 saturated heterocycles. The molecule has 3 heteroatoms. The minimum absolute atomic E-state index is 0.828. The second-order valence-electron chi connectivity index (χ2n) is 4.43. The molecule has 0 aliphatic carbocycles. The summed E-state index contributed by atoms with van der Waals surface area (Å²) < 4.78 is 0. The molecule has 1 aromatic heterocycles. The van der Waals surface area contributed by atoms with Gasteiger partial charge in [-0.2, -0.15) is 0 Å². The number of hydrogen-bond donors (Lipinski definition) is 1. The molecule has 3 nitrogen and oxygen atoms in total. The van der Waals surface area contributed by atoms with E-state index >= 15 is 0 Å². The lowest BCUT2D eigenvalue weighted by molar-refractivity contribution is 0.272. The van der Waals surface area contributed by atoms with Crippen LogP contribution in [0.5, 0.6) is 0 Å². The Balaban J connectivity index is 2.20. The summed E-state index contributed by atoms with van der Waals surface area (Å²) in [7, 11) is 0. The maximum absolute atomic E-state index is 5.48. The van der Waals surface area contributed by atoms with Crippen LogP contribution in [0, 0.1) is 0 Å². The van der Waals surface area contributed by atoms with E-state index in [4.69, 9.17) is 5.73 Å². The molecule has 0 radical (unpaired) electrons. The molecule has 0 aliphatic rings. The first-order valence-corrected chi connectivity index (χ1v) is 6.68. The Morgan fingerprint density at radius 1 is 1.12 bits per heavy atom. The zero-order chi connectivity index (χ0) is 12.3. The maximum Gasteiger partial charge on any atom is 0.0271 e. The highest BCUT2D eigenvalue weighted by Crippen LogP contribution is 2.06. The highest BCUT2D eigenvalue weighted by Gasteiger charge is 2.02. The van der Waals surface area contributed by atoms with Gasteiger partial charge in [0.2, 0.25) is 0 Å². The minimum atomic E-state index is 0.828. The molecule has 0 amide bonds. The normalized spacial score (nSPS) is 11.0. The fraction of sp³-hybridized carbons (Fsp3) is 0.643. The second-order valence-corrected chi connectivity index (χ2v) is 4.43. The van der Waals surface area contributed by atoms with Crippen LogP contribution in [0.4, 0.5) is 0 Å². The number of unbranched alkanes of at least 4 members (excludes halogenated alkanes) is 3. The lowest BCUT2D eigenvalue weighted by Gasteiger charge is -2.20. The van der Waals surface area contributed by atoms with E-state index in [1.807, 2.05) is 12.4 Å². The highest BCUT2D eigenvalue weighted by molar-refractivity contribution is 5.09. The van der Waals surface area contributed by atoms with Crippen LogP contribution in [0.15, 0.2) is 24.5 Å². The van der Waals surface area contributed by atoms with Gasteiger partial charge < -0.3 is 5.73 Å². The van der Waals surface area contributed by atoms with Crippen molar-refractivity contribution in [3.05, 3.63) is 30.1 Å². The molecule has 0 saturated carbocycles. The van der Waals surface area contributed by atoms with E-state index in [0.29, 0.717) is 0 Å². The molecule has 1 rings (SSSR count). The molecule has 96 valence electrons. The van der Waals surface area contributed by atoms with E-state index < -0.39 is 0 Å². The monoisotopic (exact) mass is 235 g/mol. The lowest BCUT2D eigenvalue weighted by atomic mass is 10.2. The SMILES string of the molecule is CCN(CCCCCCN)Cc1ccncc1. The van der Waals surface area contributed by atoms with Crippen molar-refractivity contribution >= 4 is 0 Å². The molecule has 0 atom stereocenters.